The van der Waals surface area contributed by atoms with E-state index in [2.05, 4.69) is 10.3 Å². The Morgan fingerprint density at radius 2 is 2.33 bits per heavy atom. The highest BCUT2D eigenvalue weighted by Crippen LogP contribution is 2.21. The van der Waals surface area contributed by atoms with Crippen LogP contribution in [-0.4, -0.2) is 16.0 Å². The van der Waals surface area contributed by atoms with Crippen molar-refractivity contribution >= 4 is 28.8 Å². The molecule has 2 aromatic rings. The number of phenolic OH excluding ortho intramolecular Hbond substituents is 1. The number of nitrogens with one attached hydrogen (secondary N) is 1. The van der Waals surface area contributed by atoms with Crippen LogP contribution in [-0.2, 0) is 6.54 Å². The van der Waals surface area contributed by atoms with E-state index in [0.29, 0.717) is 11.6 Å². The Morgan fingerprint density at radius 1 is 1.56 bits per heavy atom. The van der Waals surface area contributed by atoms with Crippen LogP contribution in [0.25, 0.3) is 0 Å². The van der Waals surface area contributed by atoms with Crippen molar-refractivity contribution in [3.8, 4) is 5.75 Å². The Labute approximate surface area is 113 Å². The van der Waals surface area contributed by atoms with E-state index in [-0.39, 0.29) is 17.2 Å². The largest absolute Gasteiger partial charge is 0.507 e. The summed E-state index contributed by atoms with van der Waals surface area (Å²) in [5.41, 5.74) is 0.202. The number of phenols is 1. The third kappa shape index (κ3) is 3.00. The Bertz CT molecular complexity index is 583. The van der Waals surface area contributed by atoms with Crippen molar-refractivity contribution in [2.24, 2.45) is 0 Å². The number of carbonyl (C=O) groups is 1. The molecule has 1 aromatic heterocycles. The van der Waals surface area contributed by atoms with E-state index in [1.807, 2.05) is 6.92 Å². The number of rotatable bonds is 3. The van der Waals surface area contributed by atoms with Gasteiger partial charge in [-0.1, -0.05) is 11.6 Å². The van der Waals surface area contributed by atoms with Gasteiger partial charge in [0, 0.05) is 16.1 Å². The molecule has 94 valence electrons. The van der Waals surface area contributed by atoms with Gasteiger partial charge >= 0.3 is 0 Å². The second-order valence-corrected chi connectivity index (χ2v) is 5.46. The maximum absolute atomic E-state index is 11.8. The highest BCUT2D eigenvalue weighted by Gasteiger charge is 2.11. The van der Waals surface area contributed by atoms with Crippen LogP contribution in [0.4, 0.5) is 0 Å². The van der Waals surface area contributed by atoms with Crippen LogP contribution in [0.5, 0.6) is 5.75 Å². The molecule has 0 aliphatic carbocycles. The molecule has 0 fully saturated rings. The van der Waals surface area contributed by atoms with E-state index in [0.717, 1.165) is 9.88 Å². The van der Waals surface area contributed by atoms with Crippen LogP contribution in [0.1, 0.15) is 20.2 Å². The molecule has 0 aliphatic heterocycles. The fraction of sp³-hybridized carbons (Fsp3) is 0.167. The normalized spacial score (nSPS) is 10.3. The van der Waals surface area contributed by atoms with Gasteiger partial charge in [-0.2, -0.15) is 0 Å². The summed E-state index contributed by atoms with van der Waals surface area (Å²) in [4.78, 5) is 17.0. The standard InChI is InChI=1S/C12H11ClN2O2S/c1-7-5-14-11(18-7)6-15-12(17)9-3-2-8(13)4-10(9)16/h2-5,16H,6H2,1H3,(H,15,17). The van der Waals surface area contributed by atoms with Gasteiger partial charge in [-0.05, 0) is 25.1 Å². The Morgan fingerprint density at radius 3 is 2.94 bits per heavy atom. The molecule has 0 bridgehead atoms. The van der Waals surface area contributed by atoms with Gasteiger partial charge in [0.15, 0.2) is 0 Å². The van der Waals surface area contributed by atoms with E-state index in [1.54, 1.807) is 12.3 Å². The molecule has 0 atom stereocenters. The molecule has 4 nitrogen and oxygen atoms in total. The Hall–Kier alpha value is -1.59. The van der Waals surface area contributed by atoms with Crippen LogP contribution >= 0.6 is 22.9 Å². The summed E-state index contributed by atoms with van der Waals surface area (Å²) >= 11 is 7.22. The smallest absolute Gasteiger partial charge is 0.255 e. The minimum atomic E-state index is -0.350. The van der Waals surface area contributed by atoms with Crippen molar-refractivity contribution in [3.63, 3.8) is 0 Å². The minimum absolute atomic E-state index is 0.129. The average molecular weight is 283 g/mol. The molecule has 1 amide bonds. The molecular formula is C12H11ClN2O2S. The third-order valence-electron chi connectivity index (χ3n) is 2.27. The molecule has 18 heavy (non-hydrogen) atoms. The molecule has 0 saturated carbocycles. The molecule has 6 heteroatoms. The number of aromatic nitrogens is 1. The second-order valence-electron chi connectivity index (χ2n) is 3.71. The number of aryl methyl sites for hydroxylation is 1. The zero-order valence-electron chi connectivity index (χ0n) is 9.61. The number of nitrogens with zero attached hydrogens (tertiary/aromatic N) is 1. The molecule has 1 heterocycles. The molecular weight excluding hydrogens is 272 g/mol. The zero-order valence-corrected chi connectivity index (χ0v) is 11.2. The van der Waals surface area contributed by atoms with Gasteiger partial charge < -0.3 is 10.4 Å². The summed E-state index contributed by atoms with van der Waals surface area (Å²) in [7, 11) is 0. The number of aromatic hydroxyl groups is 1. The first-order chi connectivity index (χ1) is 8.56. The number of benzene rings is 1. The molecule has 2 rings (SSSR count). The van der Waals surface area contributed by atoms with Crippen molar-refractivity contribution in [1.82, 2.24) is 10.3 Å². The van der Waals surface area contributed by atoms with Gasteiger partial charge in [0.25, 0.3) is 5.91 Å². The first-order valence-electron chi connectivity index (χ1n) is 5.24. The second kappa shape index (κ2) is 5.37. The Kier molecular flexibility index (Phi) is 3.84. The molecule has 0 aliphatic rings. The van der Waals surface area contributed by atoms with Gasteiger partial charge in [-0.3, -0.25) is 4.79 Å². The van der Waals surface area contributed by atoms with Crippen LogP contribution < -0.4 is 5.32 Å². The lowest BCUT2D eigenvalue weighted by Gasteiger charge is -2.05. The average Bonchev–Trinajstić information content (AvgIpc) is 2.72. The van der Waals surface area contributed by atoms with Gasteiger partial charge in [0.2, 0.25) is 0 Å². The van der Waals surface area contributed by atoms with Gasteiger partial charge in [-0.15, -0.1) is 11.3 Å². The van der Waals surface area contributed by atoms with Crippen LogP contribution in [0.2, 0.25) is 5.02 Å². The van der Waals surface area contributed by atoms with Crippen LogP contribution in [0, 0.1) is 6.92 Å². The highest BCUT2D eigenvalue weighted by molar-refractivity contribution is 7.11. The zero-order chi connectivity index (χ0) is 13.1. The summed E-state index contributed by atoms with van der Waals surface area (Å²) < 4.78 is 0. The van der Waals surface area contributed by atoms with E-state index in [9.17, 15) is 9.90 Å². The first-order valence-corrected chi connectivity index (χ1v) is 6.44. The molecule has 0 spiro atoms. The van der Waals surface area contributed by atoms with Crippen molar-refractivity contribution < 1.29 is 9.90 Å². The molecule has 0 unspecified atom stereocenters. The topological polar surface area (TPSA) is 62.2 Å². The number of hydrogen-bond acceptors (Lipinski definition) is 4. The highest BCUT2D eigenvalue weighted by atomic mass is 35.5. The number of hydrogen-bond donors (Lipinski definition) is 2. The van der Waals surface area contributed by atoms with Crippen molar-refractivity contribution in [1.29, 1.82) is 0 Å². The third-order valence-corrected chi connectivity index (χ3v) is 3.42. The quantitative estimate of drug-likeness (QED) is 0.910. The van der Waals surface area contributed by atoms with Crippen molar-refractivity contribution in [2.75, 3.05) is 0 Å². The number of halogens is 1. The van der Waals surface area contributed by atoms with Gasteiger partial charge in [0.1, 0.15) is 10.8 Å². The lowest BCUT2D eigenvalue weighted by atomic mass is 10.2. The van der Waals surface area contributed by atoms with Crippen LogP contribution in [0.15, 0.2) is 24.4 Å². The fourth-order valence-corrected chi connectivity index (χ4v) is 2.32. The van der Waals surface area contributed by atoms with Gasteiger partial charge in [0.05, 0.1) is 12.1 Å². The number of amides is 1. The lowest BCUT2D eigenvalue weighted by molar-refractivity contribution is 0.0948. The van der Waals surface area contributed by atoms with E-state index >= 15 is 0 Å². The molecule has 0 saturated heterocycles. The molecule has 2 N–H and O–H groups in total. The summed E-state index contributed by atoms with van der Waals surface area (Å²) in [5.74, 6) is -0.479. The van der Waals surface area contributed by atoms with Gasteiger partial charge in [-0.25, -0.2) is 4.98 Å². The monoisotopic (exact) mass is 282 g/mol. The predicted octanol–water partition coefficient (Wildman–Crippen LogP) is 2.74. The first kappa shape index (κ1) is 12.9. The predicted molar refractivity (Wildman–Crippen MR) is 71.1 cm³/mol. The fourth-order valence-electron chi connectivity index (χ4n) is 1.43. The maximum Gasteiger partial charge on any atom is 0.255 e. The maximum atomic E-state index is 11.8. The Balaban J connectivity index is 2.03. The van der Waals surface area contributed by atoms with Crippen molar-refractivity contribution in [2.45, 2.75) is 13.5 Å². The minimum Gasteiger partial charge on any atom is -0.507 e. The number of carbonyl (C=O) groups excluding carboxylic acids is 1. The van der Waals surface area contributed by atoms with Crippen LogP contribution in [0.3, 0.4) is 0 Å². The summed E-state index contributed by atoms with van der Waals surface area (Å²) in [6, 6.07) is 4.38. The van der Waals surface area contributed by atoms with E-state index < -0.39 is 0 Å². The van der Waals surface area contributed by atoms with Crippen molar-refractivity contribution in [3.05, 3.63) is 44.9 Å². The summed E-state index contributed by atoms with van der Waals surface area (Å²) in [5, 5.41) is 13.5. The van der Waals surface area contributed by atoms with E-state index in [1.165, 1.54) is 23.5 Å². The lowest BCUT2D eigenvalue weighted by Crippen LogP contribution is -2.22. The molecule has 0 radical (unpaired) electrons. The summed E-state index contributed by atoms with van der Waals surface area (Å²) in [6.45, 7) is 2.30. The number of thiazole rings is 1. The SMILES string of the molecule is Cc1cnc(CNC(=O)c2ccc(Cl)cc2O)s1. The summed E-state index contributed by atoms with van der Waals surface area (Å²) in [6.07, 6.45) is 1.76. The molecule has 1 aromatic carbocycles. The van der Waals surface area contributed by atoms with E-state index in [4.69, 9.17) is 11.6 Å².